The molecule has 0 atom stereocenters. The maximum atomic E-state index is 12.7. The highest BCUT2D eigenvalue weighted by molar-refractivity contribution is 6.30. The molecule has 0 spiro atoms. The van der Waals surface area contributed by atoms with Gasteiger partial charge in [-0.25, -0.2) is 0 Å². The monoisotopic (exact) mass is 250 g/mol. The summed E-state index contributed by atoms with van der Waals surface area (Å²) in [5.41, 5.74) is -2.30. The highest BCUT2D eigenvalue weighted by Gasteiger charge is 2.42. The van der Waals surface area contributed by atoms with Crippen LogP contribution >= 0.6 is 11.6 Å². The van der Waals surface area contributed by atoms with Crippen LogP contribution in [0, 0.1) is 12.3 Å². The van der Waals surface area contributed by atoms with Crippen LogP contribution in [-0.4, -0.2) is 9.78 Å². The zero-order chi connectivity index (χ0) is 12.7. The predicted octanol–water partition coefficient (Wildman–Crippen LogP) is 3.00. The Bertz CT molecular complexity index is 452. The average Bonchev–Trinajstić information content (AvgIpc) is 2.43. The fourth-order valence-electron chi connectivity index (χ4n) is 1.33. The van der Waals surface area contributed by atoms with Crippen LogP contribution in [0.15, 0.2) is 0 Å². The topological polar surface area (TPSA) is 17.8 Å². The van der Waals surface area contributed by atoms with Crippen molar-refractivity contribution < 1.29 is 13.2 Å². The molecule has 0 aliphatic carbocycles. The van der Waals surface area contributed by atoms with E-state index in [1.165, 1.54) is 20.9 Å². The van der Waals surface area contributed by atoms with E-state index in [0.29, 0.717) is 0 Å². The van der Waals surface area contributed by atoms with E-state index in [4.69, 9.17) is 18.0 Å². The molecule has 2 nitrogen and oxygen atoms in total. The number of halogens is 4. The van der Waals surface area contributed by atoms with Crippen LogP contribution in [-0.2, 0) is 18.6 Å². The van der Waals surface area contributed by atoms with Crippen LogP contribution in [0.25, 0.3) is 0 Å². The van der Waals surface area contributed by atoms with Gasteiger partial charge in [-0.15, -0.1) is 6.42 Å². The molecule has 1 heterocycles. The number of rotatable bonds is 1. The van der Waals surface area contributed by atoms with Gasteiger partial charge in [-0.3, -0.25) is 4.68 Å². The molecule has 0 fully saturated rings. The van der Waals surface area contributed by atoms with E-state index in [1.807, 2.05) is 0 Å². The van der Waals surface area contributed by atoms with Gasteiger partial charge in [0.05, 0.1) is 5.41 Å². The second-order valence-electron chi connectivity index (χ2n) is 3.91. The normalized spacial score (nSPS) is 12.6. The van der Waals surface area contributed by atoms with E-state index in [0.717, 1.165) is 4.68 Å². The van der Waals surface area contributed by atoms with Crippen molar-refractivity contribution in [1.29, 1.82) is 0 Å². The van der Waals surface area contributed by atoms with E-state index >= 15 is 0 Å². The van der Waals surface area contributed by atoms with Gasteiger partial charge in [-0.05, 0) is 13.8 Å². The van der Waals surface area contributed by atoms with Crippen LogP contribution in [0.3, 0.4) is 0 Å². The van der Waals surface area contributed by atoms with E-state index in [9.17, 15) is 13.2 Å². The molecule has 0 unspecified atom stereocenters. The number of aromatic nitrogens is 2. The summed E-state index contributed by atoms with van der Waals surface area (Å²) < 4.78 is 39.1. The van der Waals surface area contributed by atoms with E-state index in [-0.39, 0.29) is 10.7 Å². The Hall–Kier alpha value is -1.15. The summed E-state index contributed by atoms with van der Waals surface area (Å²) in [6.45, 7) is 2.98. The fraction of sp³-hybridized carbons (Fsp3) is 0.500. The minimum atomic E-state index is -4.56. The van der Waals surface area contributed by atoms with Gasteiger partial charge in [0.2, 0.25) is 0 Å². The molecule has 0 bridgehead atoms. The summed E-state index contributed by atoms with van der Waals surface area (Å²) in [4.78, 5) is 0. The molecular formula is C10H10ClF3N2. The third kappa shape index (κ3) is 2.03. The van der Waals surface area contributed by atoms with Crippen molar-refractivity contribution >= 4 is 11.6 Å². The summed E-state index contributed by atoms with van der Waals surface area (Å²) in [7, 11) is 1.34. The summed E-state index contributed by atoms with van der Waals surface area (Å²) in [6.07, 6.45) is 0.654. The lowest BCUT2D eigenvalue weighted by atomic mass is 9.85. The van der Waals surface area contributed by atoms with Crippen LogP contribution in [0.5, 0.6) is 0 Å². The van der Waals surface area contributed by atoms with E-state index in [1.54, 1.807) is 0 Å². The third-order valence-electron chi connectivity index (χ3n) is 2.23. The third-order valence-corrected chi connectivity index (χ3v) is 2.67. The Morgan fingerprint density at radius 3 is 2.25 bits per heavy atom. The molecule has 0 saturated carbocycles. The Morgan fingerprint density at radius 1 is 1.38 bits per heavy atom. The molecular weight excluding hydrogens is 241 g/mol. The van der Waals surface area contributed by atoms with Gasteiger partial charge >= 0.3 is 6.18 Å². The molecule has 16 heavy (non-hydrogen) atoms. The van der Waals surface area contributed by atoms with Gasteiger partial charge in [0, 0.05) is 12.6 Å². The van der Waals surface area contributed by atoms with Crippen molar-refractivity contribution in [2.45, 2.75) is 25.4 Å². The number of hydrogen-bond donors (Lipinski definition) is 0. The van der Waals surface area contributed by atoms with Crippen LogP contribution in [0.2, 0.25) is 5.15 Å². The first kappa shape index (κ1) is 12.9. The Morgan fingerprint density at radius 2 is 1.88 bits per heavy atom. The number of terminal acetylenes is 1. The van der Waals surface area contributed by atoms with Gasteiger partial charge in [-0.2, -0.15) is 18.3 Å². The molecule has 0 N–H and O–H groups in total. The number of alkyl halides is 3. The predicted molar refractivity (Wildman–Crippen MR) is 55.1 cm³/mol. The summed E-state index contributed by atoms with van der Waals surface area (Å²) >= 11 is 5.79. The van der Waals surface area contributed by atoms with E-state index in [2.05, 4.69) is 11.0 Å². The largest absolute Gasteiger partial charge is 0.435 e. The summed E-state index contributed by atoms with van der Waals surface area (Å²) in [5, 5.41) is 3.27. The van der Waals surface area contributed by atoms with Crippen molar-refractivity contribution in [3.8, 4) is 12.3 Å². The lowest BCUT2D eigenvalue weighted by Gasteiger charge is -2.19. The summed E-state index contributed by atoms with van der Waals surface area (Å²) in [5.74, 6) is 2.29. The molecule has 1 aromatic rings. The molecule has 0 aliphatic rings. The quantitative estimate of drug-likeness (QED) is 0.701. The lowest BCUT2D eigenvalue weighted by Crippen LogP contribution is -2.20. The molecule has 1 aromatic heterocycles. The molecule has 0 saturated heterocycles. The molecule has 0 aromatic carbocycles. The minimum absolute atomic E-state index is 0.0877. The smallest absolute Gasteiger partial charge is 0.256 e. The van der Waals surface area contributed by atoms with Gasteiger partial charge in [-0.1, -0.05) is 17.5 Å². The number of nitrogens with zero attached hydrogens (tertiary/aromatic N) is 2. The van der Waals surface area contributed by atoms with Gasteiger partial charge in [0.15, 0.2) is 5.69 Å². The molecule has 1 rings (SSSR count). The zero-order valence-electron chi connectivity index (χ0n) is 8.98. The van der Waals surface area contributed by atoms with Crippen LogP contribution < -0.4 is 0 Å². The van der Waals surface area contributed by atoms with Gasteiger partial charge < -0.3 is 0 Å². The standard InChI is InChI=1S/C10H10ClF3N2/c1-5-9(2,3)6-7(10(12,13)14)15-16(4)8(6)11/h1H,2-4H3. The minimum Gasteiger partial charge on any atom is -0.256 e. The number of hydrogen-bond acceptors (Lipinski definition) is 1. The van der Waals surface area contributed by atoms with Crippen molar-refractivity contribution in [1.82, 2.24) is 9.78 Å². The fourth-order valence-corrected chi connectivity index (χ4v) is 1.69. The van der Waals surface area contributed by atoms with Crippen LogP contribution in [0.4, 0.5) is 13.2 Å². The molecule has 0 radical (unpaired) electrons. The van der Waals surface area contributed by atoms with E-state index < -0.39 is 17.3 Å². The van der Waals surface area contributed by atoms with Gasteiger partial charge in [0.1, 0.15) is 5.15 Å². The second kappa shape index (κ2) is 3.70. The average molecular weight is 251 g/mol. The second-order valence-corrected chi connectivity index (χ2v) is 4.26. The van der Waals surface area contributed by atoms with Gasteiger partial charge in [0.25, 0.3) is 0 Å². The SMILES string of the molecule is C#CC(C)(C)c1c(C(F)(F)F)nn(C)c1Cl. The molecule has 0 amide bonds. The van der Waals surface area contributed by atoms with Crippen molar-refractivity contribution in [2.24, 2.45) is 7.05 Å². The highest BCUT2D eigenvalue weighted by Crippen LogP contribution is 2.40. The first-order valence-corrected chi connectivity index (χ1v) is 4.77. The van der Waals surface area contributed by atoms with Crippen LogP contribution in [0.1, 0.15) is 25.1 Å². The first-order chi connectivity index (χ1) is 7.11. The molecule has 6 heteroatoms. The highest BCUT2D eigenvalue weighted by atomic mass is 35.5. The Labute approximate surface area is 96.4 Å². The maximum absolute atomic E-state index is 12.7. The number of aryl methyl sites for hydroxylation is 1. The Kier molecular flexibility index (Phi) is 2.99. The first-order valence-electron chi connectivity index (χ1n) is 4.39. The molecule has 0 aliphatic heterocycles. The molecule has 88 valence electrons. The Balaban J connectivity index is 3.56. The van der Waals surface area contributed by atoms with Crippen molar-refractivity contribution in [3.05, 3.63) is 16.4 Å². The zero-order valence-corrected chi connectivity index (χ0v) is 9.74. The summed E-state index contributed by atoms with van der Waals surface area (Å²) in [6, 6.07) is 0. The maximum Gasteiger partial charge on any atom is 0.435 e. The van der Waals surface area contributed by atoms with Crippen molar-refractivity contribution in [2.75, 3.05) is 0 Å². The lowest BCUT2D eigenvalue weighted by molar-refractivity contribution is -0.142. The van der Waals surface area contributed by atoms with Crippen molar-refractivity contribution in [3.63, 3.8) is 0 Å².